The molecule has 1 saturated heterocycles. The molecule has 0 aliphatic carbocycles. The van der Waals surface area contributed by atoms with Crippen LogP contribution in [0.25, 0.3) is 11.0 Å². The Morgan fingerprint density at radius 2 is 1.83 bits per heavy atom. The number of rotatable bonds is 5. The Hall–Kier alpha value is -2.92. The second-order valence-electron chi connectivity index (χ2n) is 7.71. The van der Waals surface area contributed by atoms with Gasteiger partial charge in [-0.3, -0.25) is 14.5 Å². The van der Waals surface area contributed by atoms with E-state index in [1.165, 1.54) is 30.9 Å². The van der Waals surface area contributed by atoms with Gasteiger partial charge in [-0.15, -0.1) is 0 Å². The summed E-state index contributed by atoms with van der Waals surface area (Å²) in [6.45, 7) is 4.45. The minimum atomic E-state index is -0.359. The predicted octanol–water partition coefficient (Wildman–Crippen LogP) is 4.06. The smallest absolute Gasteiger partial charge is 0.287 e. The lowest BCUT2D eigenvalue weighted by molar-refractivity contribution is 0.0897. The third-order valence-electron chi connectivity index (χ3n) is 5.58. The van der Waals surface area contributed by atoms with Crippen molar-refractivity contribution >= 4 is 16.9 Å². The fourth-order valence-corrected chi connectivity index (χ4v) is 4.02. The number of nitrogens with one attached hydrogen (secondary N) is 1. The van der Waals surface area contributed by atoms with Crippen LogP contribution < -0.4 is 10.7 Å². The SMILES string of the molecule is Cc1ccc2oc(C(=O)NCC(c3ccccc3)N3CCCCC3)cc(=O)c2c1. The van der Waals surface area contributed by atoms with Crippen LogP contribution >= 0.6 is 0 Å². The largest absolute Gasteiger partial charge is 0.451 e. The molecule has 1 aliphatic heterocycles. The van der Waals surface area contributed by atoms with Gasteiger partial charge in [-0.1, -0.05) is 48.4 Å². The first-order valence-electron chi connectivity index (χ1n) is 10.2. The molecule has 0 saturated carbocycles. The molecule has 1 atom stereocenters. The van der Waals surface area contributed by atoms with Crippen molar-refractivity contribution in [2.75, 3.05) is 19.6 Å². The van der Waals surface area contributed by atoms with E-state index in [4.69, 9.17) is 4.42 Å². The third kappa shape index (κ3) is 4.40. The Labute approximate surface area is 170 Å². The van der Waals surface area contributed by atoms with Crippen LogP contribution in [0, 0.1) is 6.92 Å². The molecule has 5 nitrogen and oxygen atoms in total. The summed E-state index contributed by atoms with van der Waals surface area (Å²) in [5, 5.41) is 3.48. The number of piperidine rings is 1. The second kappa shape index (κ2) is 8.62. The lowest BCUT2D eigenvalue weighted by atomic mass is 10.0. The first kappa shape index (κ1) is 19.4. The van der Waals surface area contributed by atoms with E-state index < -0.39 is 0 Å². The van der Waals surface area contributed by atoms with Crippen LogP contribution in [0.1, 0.15) is 47.0 Å². The van der Waals surface area contributed by atoms with Crippen molar-refractivity contribution < 1.29 is 9.21 Å². The lowest BCUT2D eigenvalue weighted by Crippen LogP contribution is -2.40. The minimum absolute atomic E-state index is 0.0526. The van der Waals surface area contributed by atoms with E-state index in [-0.39, 0.29) is 23.1 Å². The molecule has 0 spiro atoms. The molecule has 1 aliphatic rings. The van der Waals surface area contributed by atoms with Gasteiger partial charge in [0.15, 0.2) is 11.2 Å². The molecule has 0 radical (unpaired) electrons. The van der Waals surface area contributed by atoms with Crippen molar-refractivity contribution in [3.05, 3.63) is 81.7 Å². The van der Waals surface area contributed by atoms with E-state index in [1.54, 1.807) is 12.1 Å². The first-order chi connectivity index (χ1) is 14.1. The highest BCUT2D eigenvalue weighted by molar-refractivity contribution is 5.93. The first-order valence-corrected chi connectivity index (χ1v) is 10.2. The van der Waals surface area contributed by atoms with Gasteiger partial charge in [-0.2, -0.15) is 0 Å². The number of amides is 1. The van der Waals surface area contributed by atoms with Gasteiger partial charge in [0, 0.05) is 12.6 Å². The number of nitrogens with zero attached hydrogens (tertiary/aromatic N) is 1. The Balaban J connectivity index is 1.54. The van der Waals surface area contributed by atoms with Crippen LogP contribution in [0.2, 0.25) is 0 Å². The number of hydrogen-bond donors (Lipinski definition) is 1. The van der Waals surface area contributed by atoms with Gasteiger partial charge in [0.05, 0.1) is 11.4 Å². The number of likely N-dealkylation sites (tertiary alicyclic amines) is 1. The van der Waals surface area contributed by atoms with Crippen molar-refractivity contribution in [2.24, 2.45) is 0 Å². The topological polar surface area (TPSA) is 62.6 Å². The molecule has 0 bridgehead atoms. The summed E-state index contributed by atoms with van der Waals surface area (Å²) in [6, 6.07) is 17.0. The van der Waals surface area contributed by atoms with Gasteiger partial charge in [0.25, 0.3) is 5.91 Å². The van der Waals surface area contributed by atoms with Crippen molar-refractivity contribution in [3.8, 4) is 0 Å². The maximum atomic E-state index is 12.8. The zero-order chi connectivity index (χ0) is 20.2. The highest BCUT2D eigenvalue weighted by Crippen LogP contribution is 2.24. The molecule has 1 amide bonds. The quantitative estimate of drug-likeness (QED) is 0.714. The molecule has 2 heterocycles. The summed E-state index contributed by atoms with van der Waals surface area (Å²) in [5.41, 5.74) is 2.40. The fourth-order valence-electron chi connectivity index (χ4n) is 4.02. The number of hydrogen-bond acceptors (Lipinski definition) is 4. The molecule has 1 N–H and O–H groups in total. The summed E-state index contributed by atoms with van der Waals surface area (Å²) in [5.74, 6) is -0.306. The molecular formula is C24H26N2O3. The summed E-state index contributed by atoms with van der Waals surface area (Å²) in [4.78, 5) is 27.6. The molecule has 150 valence electrons. The fraction of sp³-hybridized carbons (Fsp3) is 0.333. The van der Waals surface area contributed by atoms with Crippen molar-refractivity contribution in [1.82, 2.24) is 10.2 Å². The Bertz CT molecular complexity index is 1050. The average molecular weight is 390 g/mol. The summed E-state index contributed by atoms with van der Waals surface area (Å²) >= 11 is 0. The summed E-state index contributed by atoms with van der Waals surface area (Å²) in [6.07, 6.45) is 3.61. The van der Waals surface area contributed by atoms with Crippen LogP contribution in [-0.2, 0) is 0 Å². The number of aryl methyl sites for hydroxylation is 1. The number of fused-ring (bicyclic) bond motifs is 1. The van der Waals surface area contributed by atoms with Crippen molar-refractivity contribution in [2.45, 2.75) is 32.2 Å². The maximum absolute atomic E-state index is 12.8. The minimum Gasteiger partial charge on any atom is -0.451 e. The molecule has 1 unspecified atom stereocenters. The molecule has 1 aromatic heterocycles. The molecule has 29 heavy (non-hydrogen) atoms. The van der Waals surface area contributed by atoms with Crippen LogP contribution in [0.3, 0.4) is 0 Å². The van der Waals surface area contributed by atoms with Gasteiger partial charge in [0.1, 0.15) is 5.58 Å². The van der Waals surface area contributed by atoms with E-state index in [0.29, 0.717) is 17.5 Å². The van der Waals surface area contributed by atoms with Crippen molar-refractivity contribution in [3.63, 3.8) is 0 Å². The number of benzene rings is 2. The number of carbonyl (C=O) groups is 1. The predicted molar refractivity (Wildman–Crippen MR) is 114 cm³/mol. The highest BCUT2D eigenvalue weighted by atomic mass is 16.3. The van der Waals surface area contributed by atoms with E-state index >= 15 is 0 Å². The maximum Gasteiger partial charge on any atom is 0.287 e. The van der Waals surface area contributed by atoms with E-state index in [1.807, 2.05) is 31.2 Å². The molecule has 5 heteroatoms. The van der Waals surface area contributed by atoms with Crippen LogP contribution in [-0.4, -0.2) is 30.4 Å². The van der Waals surface area contributed by atoms with Crippen molar-refractivity contribution in [1.29, 1.82) is 0 Å². The summed E-state index contributed by atoms with van der Waals surface area (Å²) in [7, 11) is 0. The molecule has 4 rings (SSSR count). The standard InChI is InChI=1S/C24H26N2O3/c1-17-10-11-22-19(14-17)21(27)15-23(29-22)24(28)25-16-20(18-8-4-2-5-9-18)26-12-6-3-7-13-26/h2,4-5,8-11,14-15,20H,3,6-7,12-13,16H2,1H3,(H,25,28). The van der Waals surface area contributed by atoms with Crippen LogP contribution in [0.5, 0.6) is 0 Å². The van der Waals surface area contributed by atoms with Gasteiger partial charge >= 0.3 is 0 Å². The Morgan fingerprint density at radius 3 is 2.59 bits per heavy atom. The third-order valence-corrected chi connectivity index (χ3v) is 5.58. The van der Waals surface area contributed by atoms with E-state index in [9.17, 15) is 9.59 Å². The lowest BCUT2D eigenvalue weighted by Gasteiger charge is -2.35. The summed E-state index contributed by atoms with van der Waals surface area (Å²) < 4.78 is 5.72. The van der Waals surface area contributed by atoms with E-state index in [2.05, 4.69) is 22.3 Å². The zero-order valence-electron chi connectivity index (χ0n) is 16.7. The zero-order valence-corrected chi connectivity index (χ0v) is 16.7. The van der Waals surface area contributed by atoms with Gasteiger partial charge in [0.2, 0.25) is 0 Å². The van der Waals surface area contributed by atoms with Gasteiger partial charge in [-0.05, 0) is 50.6 Å². The number of carbonyl (C=O) groups excluding carboxylic acids is 1. The Kier molecular flexibility index (Phi) is 5.76. The Morgan fingerprint density at radius 1 is 1.07 bits per heavy atom. The average Bonchev–Trinajstić information content (AvgIpc) is 2.75. The molecular weight excluding hydrogens is 364 g/mol. The van der Waals surface area contributed by atoms with Gasteiger partial charge in [-0.25, -0.2) is 0 Å². The monoisotopic (exact) mass is 390 g/mol. The molecule has 1 fully saturated rings. The molecule has 2 aromatic carbocycles. The van der Waals surface area contributed by atoms with Crippen LogP contribution in [0.4, 0.5) is 0 Å². The highest BCUT2D eigenvalue weighted by Gasteiger charge is 2.23. The normalized spacial score (nSPS) is 15.9. The van der Waals surface area contributed by atoms with E-state index in [0.717, 1.165) is 18.7 Å². The molecule has 3 aromatic rings. The van der Waals surface area contributed by atoms with Crippen LogP contribution in [0.15, 0.2) is 63.8 Å². The van der Waals surface area contributed by atoms with Gasteiger partial charge < -0.3 is 9.73 Å². The second-order valence-corrected chi connectivity index (χ2v) is 7.71.